The molecule has 1 saturated carbocycles. The number of fused-ring (bicyclic) bond motifs is 1. The molecule has 0 radical (unpaired) electrons. The fourth-order valence-electron chi connectivity index (χ4n) is 3.22. The number of guanidine groups is 1. The largest absolute Gasteiger partial charge is 0.486 e. The fourth-order valence-corrected chi connectivity index (χ4v) is 4.31. The summed E-state index contributed by atoms with van der Waals surface area (Å²) in [5, 5.41) is 8.24. The summed E-state index contributed by atoms with van der Waals surface area (Å²) in [6.07, 6.45) is 5.86. The van der Waals surface area contributed by atoms with Crippen molar-refractivity contribution in [3.05, 3.63) is 22.7 Å². The van der Waals surface area contributed by atoms with Crippen molar-refractivity contribution < 1.29 is 9.47 Å². The molecule has 1 aliphatic carbocycles. The second kappa shape index (κ2) is 10.7. The van der Waals surface area contributed by atoms with Gasteiger partial charge in [-0.25, -0.2) is 4.99 Å². The normalized spacial score (nSPS) is 21.9. The number of aliphatic imine (C=N–C) groups is 1. The van der Waals surface area contributed by atoms with Gasteiger partial charge < -0.3 is 20.1 Å². The van der Waals surface area contributed by atoms with Gasteiger partial charge in [0.05, 0.1) is 11.6 Å². The van der Waals surface area contributed by atoms with Gasteiger partial charge in [0.15, 0.2) is 17.5 Å². The molecule has 0 spiro atoms. The summed E-state index contributed by atoms with van der Waals surface area (Å²) in [6, 6.07) is 4.37. The van der Waals surface area contributed by atoms with Crippen LogP contribution in [-0.2, 0) is 6.54 Å². The van der Waals surface area contributed by atoms with Gasteiger partial charge in [-0.3, -0.25) is 0 Å². The summed E-state index contributed by atoms with van der Waals surface area (Å²) in [5.74, 6) is 2.21. The van der Waals surface area contributed by atoms with Crippen LogP contribution in [0, 0.1) is 0 Å². The van der Waals surface area contributed by atoms with Gasteiger partial charge in [-0.05, 0) is 50.1 Å². The summed E-state index contributed by atoms with van der Waals surface area (Å²) in [6.45, 7) is 4.56. The molecule has 2 atom stereocenters. The van der Waals surface area contributed by atoms with Gasteiger partial charge >= 0.3 is 0 Å². The molecule has 0 aromatic heterocycles. The number of thioether (sulfide) groups is 1. The van der Waals surface area contributed by atoms with Gasteiger partial charge in [-0.2, -0.15) is 11.8 Å². The van der Waals surface area contributed by atoms with Crippen LogP contribution in [0.2, 0.25) is 5.02 Å². The van der Waals surface area contributed by atoms with E-state index in [0.717, 1.165) is 23.3 Å². The molecule has 1 heterocycles. The molecule has 0 amide bonds. The second-order valence-corrected chi connectivity index (χ2v) is 7.85. The first-order valence-corrected chi connectivity index (χ1v) is 10.5. The predicted molar refractivity (Wildman–Crippen MR) is 121 cm³/mol. The number of nitrogens with one attached hydrogen (secondary N) is 2. The third kappa shape index (κ3) is 5.73. The minimum atomic E-state index is 0. The van der Waals surface area contributed by atoms with Gasteiger partial charge in [0, 0.05) is 17.8 Å². The van der Waals surface area contributed by atoms with E-state index < -0.39 is 0 Å². The van der Waals surface area contributed by atoms with Crippen molar-refractivity contribution in [1.29, 1.82) is 0 Å². The number of halogens is 2. The van der Waals surface area contributed by atoms with Crippen LogP contribution in [-0.4, -0.2) is 43.3 Å². The van der Waals surface area contributed by atoms with E-state index in [4.69, 9.17) is 26.1 Å². The van der Waals surface area contributed by atoms with Crippen molar-refractivity contribution >= 4 is 53.3 Å². The number of nitrogens with zero attached hydrogens (tertiary/aromatic N) is 1. The quantitative estimate of drug-likeness (QED) is 0.355. The highest BCUT2D eigenvalue weighted by molar-refractivity contribution is 14.0. The lowest BCUT2D eigenvalue weighted by molar-refractivity contribution is 0.171. The minimum Gasteiger partial charge on any atom is -0.486 e. The molecule has 1 aromatic carbocycles. The van der Waals surface area contributed by atoms with Gasteiger partial charge in [0.1, 0.15) is 13.2 Å². The second-order valence-electron chi connectivity index (χ2n) is 6.31. The molecule has 3 rings (SSSR count). The van der Waals surface area contributed by atoms with Gasteiger partial charge in [-0.1, -0.05) is 11.6 Å². The first-order chi connectivity index (χ1) is 12.2. The molecular formula is C18H27ClIN3O2S. The predicted octanol–water partition coefficient (Wildman–Crippen LogP) is 4.07. The van der Waals surface area contributed by atoms with Gasteiger partial charge in [0.25, 0.3) is 0 Å². The van der Waals surface area contributed by atoms with Crippen molar-refractivity contribution in [2.45, 2.75) is 44.0 Å². The Hall–Kier alpha value is -0.540. The molecule has 1 aliphatic heterocycles. The molecule has 1 aromatic rings. The lowest BCUT2D eigenvalue weighted by Gasteiger charge is -2.20. The van der Waals surface area contributed by atoms with Crippen molar-refractivity contribution in [1.82, 2.24) is 10.6 Å². The van der Waals surface area contributed by atoms with E-state index >= 15 is 0 Å². The maximum absolute atomic E-state index is 6.31. The van der Waals surface area contributed by atoms with Crippen LogP contribution in [0.1, 0.15) is 31.7 Å². The van der Waals surface area contributed by atoms with Crippen LogP contribution in [0.15, 0.2) is 17.1 Å². The maximum atomic E-state index is 6.31. The monoisotopic (exact) mass is 511 g/mol. The Morgan fingerprint density at radius 1 is 1.31 bits per heavy atom. The number of hydrogen-bond donors (Lipinski definition) is 2. The zero-order valence-electron chi connectivity index (χ0n) is 15.2. The highest BCUT2D eigenvalue weighted by Crippen LogP contribution is 2.38. The summed E-state index contributed by atoms with van der Waals surface area (Å²) in [4.78, 5) is 4.72. The lowest BCUT2D eigenvalue weighted by atomic mass is 10.2. The summed E-state index contributed by atoms with van der Waals surface area (Å²) in [5.41, 5.74) is 1.01. The summed E-state index contributed by atoms with van der Waals surface area (Å²) in [7, 11) is 0. The van der Waals surface area contributed by atoms with Crippen LogP contribution in [0.5, 0.6) is 11.5 Å². The first-order valence-electron chi connectivity index (χ1n) is 8.85. The Morgan fingerprint density at radius 3 is 2.85 bits per heavy atom. The molecule has 5 nitrogen and oxygen atoms in total. The topological polar surface area (TPSA) is 54.9 Å². The van der Waals surface area contributed by atoms with Crippen molar-refractivity contribution in [3.63, 3.8) is 0 Å². The lowest BCUT2D eigenvalue weighted by Crippen LogP contribution is -2.42. The smallest absolute Gasteiger partial charge is 0.191 e. The standard InChI is InChI=1S/C18H26ClN3O2S.HI/c1-3-20-18(22-13-4-5-14(10-13)25-2)21-11-12-8-15(19)17-16(9-12)23-6-7-24-17;/h8-9,13-14H,3-7,10-11H2,1-2H3,(H2,20,21,22);1H. The van der Waals surface area contributed by atoms with E-state index in [1.807, 2.05) is 23.9 Å². The summed E-state index contributed by atoms with van der Waals surface area (Å²) < 4.78 is 11.2. The zero-order valence-corrected chi connectivity index (χ0v) is 19.1. The van der Waals surface area contributed by atoms with Gasteiger partial charge in [-0.15, -0.1) is 24.0 Å². The molecule has 146 valence electrons. The van der Waals surface area contributed by atoms with Crippen LogP contribution in [0.25, 0.3) is 0 Å². The van der Waals surface area contributed by atoms with Crippen molar-refractivity contribution in [2.75, 3.05) is 26.0 Å². The van der Waals surface area contributed by atoms with Crippen LogP contribution in [0.3, 0.4) is 0 Å². The summed E-state index contributed by atoms with van der Waals surface area (Å²) >= 11 is 8.27. The van der Waals surface area contributed by atoms with E-state index in [0.29, 0.717) is 42.3 Å². The molecule has 0 bridgehead atoms. The number of benzene rings is 1. The third-order valence-corrected chi connectivity index (χ3v) is 5.85. The first kappa shape index (κ1) is 21.8. The van der Waals surface area contributed by atoms with E-state index in [9.17, 15) is 0 Å². The molecule has 26 heavy (non-hydrogen) atoms. The molecule has 0 saturated heterocycles. The Kier molecular flexibility index (Phi) is 8.96. The number of hydrogen-bond acceptors (Lipinski definition) is 4. The Bertz CT molecular complexity index is 633. The van der Waals surface area contributed by atoms with Crippen LogP contribution in [0.4, 0.5) is 0 Å². The Labute approximate surface area is 182 Å². The van der Waals surface area contributed by atoms with Gasteiger partial charge in [0.2, 0.25) is 0 Å². The Morgan fingerprint density at radius 2 is 2.12 bits per heavy atom. The van der Waals surface area contributed by atoms with E-state index in [-0.39, 0.29) is 24.0 Å². The maximum Gasteiger partial charge on any atom is 0.191 e. The molecular weight excluding hydrogens is 485 g/mol. The number of ether oxygens (including phenoxy) is 2. The molecule has 2 N–H and O–H groups in total. The number of rotatable bonds is 5. The van der Waals surface area contributed by atoms with E-state index in [1.165, 1.54) is 19.3 Å². The van der Waals surface area contributed by atoms with Crippen LogP contribution < -0.4 is 20.1 Å². The van der Waals surface area contributed by atoms with Crippen LogP contribution >= 0.6 is 47.3 Å². The van der Waals surface area contributed by atoms with E-state index in [2.05, 4.69) is 23.8 Å². The van der Waals surface area contributed by atoms with Crippen molar-refractivity contribution in [3.8, 4) is 11.5 Å². The SMILES string of the molecule is CCNC(=NCc1cc(Cl)c2c(c1)OCCO2)NC1CCC(SC)C1.I. The molecule has 2 aliphatic rings. The average Bonchev–Trinajstić information content (AvgIpc) is 3.07. The molecule has 2 unspecified atom stereocenters. The highest BCUT2D eigenvalue weighted by atomic mass is 127. The van der Waals surface area contributed by atoms with E-state index in [1.54, 1.807) is 0 Å². The Balaban J connectivity index is 0.00000243. The third-order valence-electron chi connectivity index (χ3n) is 4.48. The highest BCUT2D eigenvalue weighted by Gasteiger charge is 2.24. The minimum absolute atomic E-state index is 0. The van der Waals surface area contributed by atoms with Crippen molar-refractivity contribution in [2.24, 2.45) is 4.99 Å². The zero-order chi connectivity index (χ0) is 17.6. The molecule has 1 fully saturated rings. The average molecular weight is 512 g/mol. The fraction of sp³-hybridized carbons (Fsp3) is 0.611. The molecule has 8 heteroatoms.